The van der Waals surface area contributed by atoms with E-state index in [4.69, 9.17) is 0 Å². The molecule has 0 unspecified atom stereocenters. The lowest BCUT2D eigenvalue weighted by Gasteiger charge is -2.10. The number of pyridine rings is 1. The van der Waals surface area contributed by atoms with Crippen molar-refractivity contribution in [3.05, 3.63) is 62.3 Å². The first kappa shape index (κ1) is 16.2. The van der Waals surface area contributed by atoms with Crippen LogP contribution in [0.3, 0.4) is 0 Å². The molecule has 0 N–H and O–H groups in total. The van der Waals surface area contributed by atoms with Crippen molar-refractivity contribution in [3.8, 4) is 0 Å². The fourth-order valence-corrected chi connectivity index (χ4v) is 2.63. The number of carbonyl (C=O) groups excluding carboxylic acids is 1. The van der Waals surface area contributed by atoms with Crippen LogP contribution in [0.1, 0.15) is 21.5 Å². The van der Waals surface area contributed by atoms with Crippen molar-refractivity contribution in [1.29, 1.82) is 0 Å². The van der Waals surface area contributed by atoms with Crippen LogP contribution in [0, 0.1) is 0 Å². The van der Waals surface area contributed by atoms with Crippen LogP contribution in [0.15, 0.2) is 45.6 Å². The van der Waals surface area contributed by atoms with Crippen LogP contribution in [0.5, 0.6) is 0 Å². The molecule has 0 aliphatic heterocycles. The summed E-state index contributed by atoms with van der Waals surface area (Å²) >= 11 is 6.34. The highest BCUT2D eigenvalue weighted by atomic mass is 79.9. The van der Waals surface area contributed by atoms with Gasteiger partial charge in [-0.25, -0.2) is 0 Å². The van der Waals surface area contributed by atoms with E-state index in [2.05, 4.69) is 36.8 Å². The van der Waals surface area contributed by atoms with E-state index in [1.807, 2.05) is 0 Å². The molecule has 1 heterocycles. The summed E-state index contributed by atoms with van der Waals surface area (Å²) in [6, 6.07) is 4.72. The predicted molar refractivity (Wildman–Crippen MR) is 79.1 cm³/mol. The Bertz CT molecular complexity index is 686. The van der Waals surface area contributed by atoms with Gasteiger partial charge < -0.3 is 0 Å². The van der Waals surface area contributed by atoms with Crippen LogP contribution < -0.4 is 0 Å². The van der Waals surface area contributed by atoms with Crippen molar-refractivity contribution >= 4 is 37.6 Å². The first-order valence-corrected chi connectivity index (χ1v) is 7.35. The van der Waals surface area contributed by atoms with Crippen molar-refractivity contribution in [2.45, 2.75) is 12.6 Å². The molecular formula is C14H8Br2F3NO. The van der Waals surface area contributed by atoms with Crippen LogP contribution in [0.25, 0.3) is 0 Å². The lowest BCUT2D eigenvalue weighted by atomic mass is 10.0. The number of ketones is 1. The smallest absolute Gasteiger partial charge is 0.294 e. The number of halogens is 5. The van der Waals surface area contributed by atoms with Crippen LogP contribution in [0.4, 0.5) is 13.2 Å². The van der Waals surface area contributed by atoms with Gasteiger partial charge in [0.25, 0.3) is 0 Å². The Kier molecular flexibility index (Phi) is 4.83. The van der Waals surface area contributed by atoms with Gasteiger partial charge in [0.15, 0.2) is 5.78 Å². The maximum atomic E-state index is 12.7. The van der Waals surface area contributed by atoms with Crippen LogP contribution in [-0.2, 0) is 12.6 Å². The molecule has 0 spiro atoms. The van der Waals surface area contributed by atoms with Gasteiger partial charge in [0.2, 0.25) is 0 Å². The number of Topliss-reactive ketones (excluding diaryl/α,β-unsaturated/α-hetero) is 1. The van der Waals surface area contributed by atoms with Crippen molar-refractivity contribution in [2.24, 2.45) is 0 Å². The molecule has 0 saturated carbocycles. The van der Waals surface area contributed by atoms with E-state index in [0.29, 0.717) is 14.5 Å². The maximum absolute atomic E-state index is 12.7. The number of nitrogens with zero attached hydrogens (tertiary/aromatic N) is 1. The van der Waals surface area contributed by atoms with E-state index >= 15 is 0 Å². The molecule has 0 aliphatic carbocycles. The predicted octanol–water partition coefficient (Wildman–Crippen LogP) is 5.05. The third-order valence-electron chi connectivity index (χ3n) is 2.72. The summed E-state index contributed by atoms with van der Waals surface area (Å²) in [7, 11) is 0. The number of aromatic nitrogens is 1. The standard InChI is InChI=1S/C14H8Br2F3NO/c15-10-3-8(6-20-7-10)4-13(21)11-5-9(14(17,18)19)1-2-12(11)16/h1-3,5-7H,4H2. The summed E-state index contributed by atoms with van der Waals surface area (Å²) < 4.78 is 39.1. The topological polar surface area (TPSA) is 30.0 Å². The van der Waals surface area contributed by atoms with Gasteiger partial charge >= 0.3 is 6.18 Å². The zero-order valence-electron chi connectivity index (χ0n) is 10.4. The second-order valence-electron chi connectivity index (χ2n) is 4.30. The Morgan fingerprint density at radius 1 is 1.14 bits per heavy atom. The highest BCUT2D eigenvalue weighted by Gasteiger charge is 2.31. The maximum Gasteiger partial charge on any atom is 0.416 e. The largest absolute Gasteiger partial charge is 0.416 e. The van der Waals surface area contributed by atoms with Crippen LogP contribution in [-0.4, -0.2) is 10.8 Å². The molecule has 0 radical (unpaired) electrons. The van der Waals surface area contributed by atoms with Gasteiger partial charge in [-0.05, 0) is 45.8 Å². The fraction of sp³-hybridized carbons (Fsp3) is 0.143. The molecule has 21 heavy (non-hydrogen) atoms. The van der Waals surface area contributed by atoms with Crippen LogP contribution >= 0.6 is 31.9 Å². The number of carbonyl (C=O) groups is 1. The van der Waals surface area contributed by atoms with E-state index in [-0.39, 0.29) is 12.0 Å². The number of rotatable bonds is 3. The lowest BCUT2D eigenvalue weighted by Crippen LogP contribution is -2.10. The van der Waals surface area contributed by atoms with E-state index in [1.54, 1.807) is 12.3 Å². The Hall–Kier alpha value is -1.21. The quantitative estimate of drug-likeness (QED) is 0.647. The van der Waals surface area contributed by atoms with Gasteiger partial charge in [0.05, 0.1) is 5.56 Å². The second-order valence-corrected chi connectivity index (χ2v) is 6.07. The number of alkyl halides is 3. The minimum absolute atomic E-state index is 0.00444. The molecule has 1 aromatic carbocycles. The van der Waals surface area contributed by atoms with E-state index in [1.165, 1.54) is 12.3 Å². The average molecular weight is 423 g/mol. The fourth-order valence-electron chi connectivity index (χ4n) is 1.75. The Morgan fingerprint density at radius 2 is 1.86 bits per heavy atom. The molecule has 0 bridgehead atoms. The monoisotopic (exact) mass is 421 g/mol. The summed E-state index contributed by atoms with van der Waals surface area (Å²) in [6.07, 6.45) is -1.43. The SMILES string of the molecule is O=C(Cc1cncc(Br)c1)c1cc(C(F)(F)F)ccc1Br. The second kappa shape index (κ2) is 6.27. The number of benzene rings is 1. The third kappa shape index (κ3) is 4.14. The molecule has 110 valence electrons. The van der Waals surface area contributed by atoms with Crippen molar-refractivity contribution < 1.29 is 18.0 Å². The first-order chi connectivity index (χ1) is 9.77. The molecule has 0 atom stereocenters. The Labute approximate surface area is 135 Å². The number of hydrogen-bond donors (Lipinski definition) is 0. The molecule has 0 amide bonds. The Morgan fingerprint density at radius 3 is 2.48 bits per heavy atom. The van der Waals surface area contributed by atoms with Crippen molar-refractivity contribution in [1.82, 2.24) is 4.98 Å². The van der Waals surface area contributed by atoms with Crippen molar-refractivity contribution in [2.75, 3.05) is 0 Å². The third-order valence-corrected chi connectivity index (χ3v) is 3.85. The summed E-state index contributed by atoms with van der Waals surface area (Å²) in [5.41, 5.74) is -0.218. The highest BCUT2D eigenvalue weighted by molar-refractivity contribution is 9.10. The van der Waals surface area contributed by atoms with E-state index in [9.17, 15) is 18.0 Å². The molecule has 2 nitrogen and oxygen atoms in total. The first-order valence-electron chi connectivity index (χ1n) is 5.77. The van der Waals surface area contributed by atoms with Gasteiger partial charge in [-0.15, -0.1) is 0 Å². The molecule has 0 saturated heterocycles. The Balaban J connectivity index is 2.31. The van der Waals surface area contributed by atoms with Crippen LogP contribution in [0.2, 0.25) is 0 Å². The normalized spacial score (nSPS) is 11.5. The van der Waals surface area contributed by atoms with Gasteiger partial charge in [0, 0.05) is 33.3 Å². The summed E-state index contributed by atoms with van der Waals surface area (Å²) in [4.78, 5) is 16.1. The lowest BCUT2D eigenvalue weighted by molar-refractivity contribution is -0.137. The highest BCUT2D eigenvalue weighted by Crippen LogP contribution is 2.32. The van der Waals surface area contributed by atoms with E-state index < -0.39 is 17.5 Å². The van der Waals surface area contributed by atoms with Gasteiger partial charge in [-0.3, -0.25) is 9.78 Å². The molecule has 0 aliphatic rings. The minimum Gasteiger partial charge on any atom is -0.294 e. The van der Waals surface area contributed by atoms with Gasteiger partial charge in [-0.1, -0.05) is 15.9 Å². The van der Waals surface area contributed by atoms with Gasteiger partial charge in [0.1, 0.15) is 0 Å². The molecule has 2 aromatic rings. The van der Waals surface area contributed by atoms with Crippen molar-refractivity contribution in [3.63, 3.8) is 0 Å². The van der Waals surface area contributed by atoms with Gasteiger partial charge in [-0.2, -0.15) is 13.2 Å². The molecule has 1 aromatic heterocycles. The summed E-state index contributed by atoms with van der Waals surface area (Å²) in [5.74, 6) is -0.409. The molecule has 0 fully saturated rings. The molecule has 7 heteroatoms. The number of hydrogen-bond acceptors (Lipinski definition) is 2. The van der Waals surface area contributed by atoms with E-state index in [0.717, 1.165) is 12.1 Å². The molecular weight excluding hydrogens is 415 g/mol. The molecule has 2 rings (SSSR count). The zero-order chi connectivity index (χ0) is 15.6. The zero-order valence-corrected chi connectivity index (χ0v) is 13.6. The summed E-state index contributed by atoms with van der Waals surface area (Å²) in [6.45, 7) is 0. The summed E-state index contributed by atoms with van der Waals surface area (Å²) in [5, 5.41) is 0. The average Bonchev–Trinajstić information content (AvgIpc) is 2.37. The minimum atomic E-state index is -4.48.